The predicted octanol–water partition coefficient (Wildman–Crippen LogP) is 4.39. The molecule has 0 radical (unpaired) electrons. The van der Waals surface area contributed by atoms with Gasteiger partial charge in [-0.05, 0) is 63.7 Å². The van der Waals surface area contributed by atoms with Crippen LogP contribution in [0.5, 0.6) is 6.01 Å². The number of benzene rings is 2. The van der Waals surface area contributed by atoms with Crippen LogP contribution in [0.2, 0.25) is 0 Å². The van der Waals surface area contributed by atoms with Crippen LogP contribution in [0.4, 0.5) is 5.82 Å². The molecule has 7 heteroatoms. The van der Waals surface area contributed by atoms with Crippen LogP contribution >= 0.6 is 0 Å². The molecule has 1 saturated carbocycles. The molecule has 3 aromatic rings. The van der Waals surface area contributed by atoms with Gasteiger partial charge in [-0.3, -0.25) is 0 Å². The molecule has 1 aliphatic carbocycles. The van der Waals surface area contributed by atoms with Gasteiger partial charge in [0.05, 0.1) is 25.0 Å². The van der Waals surface area contributed by atoms with E-state index >= 15 is 0 Å². The molecule has 4 aliphatic rings. The average molecular weight is 538 g/mol. The number of nitrogens with zero attached hydrogens (tertiary/aromatic N) is 4. The van der Waals surface area contributed by atoms with E-state index in [-0.39, 0.29) is 11.5 Å². The maximum Gasteiger partial charge on any atom is 0.318 e. The van der Waals surface area contributed by atoms with Gasteiger partial charge in [-0.15, -0.1) is 6.42 Å². The normalized spacial score (nSPS) is 24.7. The van der Waals surface area contributed by atoms with Gasteiger partial charge in [0.2, 0.25) is 0 Å². The number of piperazine rings is 1. The number of fused-ring (bicyclic) bond motifs is 4. The van der Waals surface area contributed by atoms with Crippen LogP contribution in [0.1, 0.15) is 59.7 Å². The maximum absolute atomic E-state index is 6.62. The third kappa shape index (κ3) is 4.83. The lowest BCUT2D eigenvalue weighted by Crippen LogP contribution is -2.51. The summed E-state index contributed by atoms with van der Waals surface area (Å²) in [4.78, 5) is 14.8. The maximum atomic E-state index is 6.62. The molecule has 3 fully saturated rings. The lowest BCUT2D eigenvalue weighted by atomic mass is 9.91. The van der Waals surface area contributed by atoms with E-state index < -0.39 is 0 Å². The third-order valence-corrected chi connectivity index (χ3v) is 9.14. The molecule has 0 spiro atoms. The lowest BCUT2D eigenvalue weighted by molar-refractivity contribution is 0.0264. The Balaban J connectivity index is 1.25. The smallest absolute Gasteiger partial charge is 0.318 e. The molecule has 208 valence electrons. The first-order valence-electron chi connectivity index (χ1n) is 14.7. The van der Waals surface area contributed by atoms with Crippen LogP contribution in [0, 0.1) is 24.7 Å². The Bertz CT molecular complexity index is 1480. The summed E-state index contributed by atoms with van der Waals surface area (Å²) in [6.45, 7) is 6.22. The van der Waals surface area contributed by atoms with E-state index in [1.54, 1.807) is 0 Å². The topological polar surface area (TPSA) is 62.8 Å². The Morgan fingerprint density at radius 1 is 1.18 bits per heavy atom. The largest absolute Gasteiger partial charge is 0.463 e. The minimum atomic E-state index is -0.136. The fourth-order valence-corrected chi connectivity index (χ4v) is 7.13. The van der Waals surface area contributed by atoms with Crippen LogP contribution in [-0.2, 0) is 17.8 Å². The van der Waals surface area contributed by atoms with Crippen molar-refractivity contribution in [1.82, 2.24) is 20.2 Å². The SMILES string of the molecule is C#Cc1cccc2cc(C)cc(C3Cc4nc(OCC5(CN(C)C)CC5)nc(N5CC6CCC(C5)N6)c4CO3)c12. The zero-order chi connectivity index (χ0) is 27.4. The van der Waals surface area contributed by atoms with Crippen molar-refractivity contribution in [2.45, 2.75) is 63.8 Å². The second-order valence-electron chi connectivity index (χ2n) is 12.7. The highest BCUT2D eigenvalue weighted by Crippen LogP contribution is 2.46. The number of aromatic nitrogens is 2. The second kappa shape index (κ2) is 10.0. The summed E-state index contributed by atoms with van der Waals surface area (Å²) in [6, 6.07) is 12.1. The number of hydrogen-bond donors (Lipinski definition) is 1. The van der Waals surface area contributed by atoms with Crippen LogP contribution in [-0.4, -0.2) is 67.3 Å². The minimum absolute atomic E-state index is 0.136. The van der Waals surface area contributed by atoms with Gasteiger partial charge < -0.3 is 24.6 Å². The van der Waals surface area contributed by atoms with E-state index in [2.05, 4.69) is 60.3 Å². The molecule has 1 N–H and O–H groups in total. The summed E-state index contributed by atoms with van der Waals surface area (Å²) in [5.41, 5.74) is 5.60. The average Bonchev–Trinajstić information content (AvgIpc) is 3.63. The molecule has 3 unspecified atom stereocenters. The van der Waals surface area contributed by atoms with Crippen LogP contribution < -0.4 is 15.0 Å². The molecule has 4 heterocycles. The standard InChI is InChI=1S/C33H39N5O2/c1-5-22-7-6-8-23-13-21(2)14-26(30(22)23)29-15-28-27(18-39-29)31(38-16-24-9-10-25(17-38)34-24)36-32(35-28)40-20-33(11-12-33)19-37(3)4/h1,6-8,13-14,24-25,29,34H,9-12,15-20H2,2-4H3. The molecule has 7 nitrogen and oxygen atoms in total. The minimum Gasteiger partial charge on any atom is -0.463 e. The first kappa shape index (κ1) is 25.8. The Morgan fingerprint density at radius 3 is 2.70 bits per heavy atom. The highest BCUT2D eigenvalue weighted by Gasteiger charge is 2.44. The van der Waals surface area contributed by atoms with Gasteiger partial charge >= 0.3 is 6.01 Å². The summed E-state index contributed by atoms with van der Waals surface area (Å²) < 4.78 is 13.0. The molecule has 1 aromatic heterocycles. The quantitative estimate of drug-likeness (QED) is 0.449. The first-order valence-corrected chi connectivity index (χ1v) is 14.7. The fraction of sp³-hybridized carbons (Fsp3) is 0.515. The predicted molar refractivity (Wildman–Crippen MR) is 158 cm³/mol. The van der Waals surface area contributed by atoms with Gasteiger partial charge in [0, 0.05) is 60.1 Å². The van der Waals surface area contributed by atoms with Crippen molar-refractivity contribution in [2.75, 3.05) is 45.2 Å². The van der Waals surface area contributed by atoms with Crippen molar-refractivity contribution in [2.24, 2.45) is 5.41 Å². The summed E-state index contributed by atoms with van der Waals surface area (Å²) in [5, 5.41) is 6.01. The number of aryl methyl sites for hydroxylation is 1. The van der Waals surface area contributed by atoms with Crippen LogP contribution in [0.25, 0.3) is 10.8 Å². The monoisotopic (exact) mass is 537 g/mol. The summed E-state index contributed by atoms with van der Waals surface area (Å²) in [6.07, 6.45) is 11.3. The highest BCUT2D eigenvalue weighted by molar-refractivity contribution is 5.92. The number of rotatable bonds is 7. The van der Waals surface area contributed by atoms with Crippen LogP contribution in [0.15, 0.2) is 30.3 Å². The van der Waals surface area contributed by atoms with E-state index in [1.807, 2.05) is 12.1 Å². The van der Waals surface area contributed by atoms with Crippen molar-refractivity contribution in [3.8, 4) is 18.4 Å². The van der Waals surface area contributed by atoms with E-state index in [0.29, 0.717) is 37.7 Å². The lowest BCUT2D eigenvalue weighted by Gasteiger charge is -2.36. The number of anilines is 1. The molecular weight excluding hydrogens is 498 g/mol. The summed E-state index contributed by atoms with van der Waals surface area (Å²) in [7, 11) is 4.26. The molecule has 3 aliphatic heterocycles. The molecule has 40 heavy (non-hydrogen) atoms. The van der Waals surface area contributed by atoms with Crippen molar-refractivity contribution in [1.29, 1.82) is 0 Å². The zero-order valence-electron chi connectivity index (χ0n) is 23.9. The summed E-state index contributed by atoms with van der Waals surface area (Å²) in [5.74, 6) is 3.89. The van der Waals surface area contributed by atoms with Crippen molar-refractivity contribution < 1.29 is 9.47 Å². The van der Waals surface area contributed by atoms with Crippen LogP contribution in [0.3, 0.4) is 0 Å². The number of ether oxygens (including phenoxy) is 2. The fourth-order valence-electron chi connectivity index (χ4n) is 7.13. The van der Waals surface area contributed by atoms with E-state index in [0.717, 1.165) is 58.6 Å². The molecule has 3 atom stereocenters. The molecular formula is C33H39N5O2. The van der Waals surface area contributed by atoms with E-state index in [9.17, 15) is 0 Å². The molecule has 0 amide bonds. The molecule has 2 aromatic carbocycles. The Labute approximate surface area is 237 Å². The Morgan fingerprint density at radius 2 is 1.98 bits per heavy atom. The first-order chi connectivity index (χ1) is 19.4. The number of hydrogen-bond acceptors (Lipinski definition) is 7. The van der Waals surface area contributed by atoms with Gasteiger partial charge in [-0.1, -0.05) is 35.7 Å². The van der Waals surface area contributed by atoms with Gasteiger partial charge in [0.25, 0.3) is 0 Å². The van der Waals surface area contributed by atoms with Crippen molar-refractivity contribution >= 4 is 16.6 Å². The third-order valence-electron chi connectivity index (χ3n) is 9.14. The number of nitrogens with one attached hydrogen (secondary N) is 1. The van der Waals surface area contributed by atoms with E-state index in [4.69, 9.17) is 25.9 Å². The molecule has 2 bridgehead atoms. The highest BCUT2D eigenvalue weighted by atomic mass is 16.5. The van der Waals surface area contributed by atoms with Crippen molar-refractivity contribution in [3.63, 3.8) is 0 Å². The Hall–Kier alpha value is -3.18. The van der Waals surface area contributed by atoms with Crippen molar-refractivity contribution in [3.05, 3.63) is 58.3 Å². The second-order valence-corrected chi connectivity index (χ2v) is 12.7. The van der Waals surface area contributed by atoms with Gasteiger partial charge in [0.15, 0.2) is 0 Å². The van der Waals surface area contributed by atoms with Gasteiger partial charge in [-0.2, -0.15) is 9.97 Å². The molecule has 2 saturated heterocycles. The summed E-state index contributed by atoms with van der Waals surface area (Å²) >= 11 is 0. The van der Waals surface area contributed by atoms with E-state index in [1.165, 1.54) is 31.2 Å². The molecule has 7 rings (SSSR count). The number of terminal acetylenes is 1. The Kier molecular flexibility index (Phi) is 6.46. The zero-order valence-corrected chi connectivity index (χ0v) is 23.9. The van der Waals surface area contributed by atoms with Gasteiger partial charge in [-0.25, -0.2) is 0 Å². The van der Waals surface area contributed by atoms with Gasteiger partial charge in [0.1, 0.15) is 5.82 Å².